The third-order valence-electron chi connectivity index (χ3n) is 3.83. The van der Waals surface area contributed by atoms with E-state index >= 15 is 0 Å². The number of nitrogens with one attached hydrogen (secondary N) is 2. The molecule has 2 N–H and O–H groups in total. The molecular weight excluding hydrogens is 350 g/mol. The summed E-state index contributed by atoms with van der Waals surface area (Å²) in [4.78, 5) is 16.0. The zero-order chi connectivity index (χ0) is 17.8. The van der Waals surface area contributed by atoms with Crippen LogP contribution in [0.5, 0.6) is 0 Å². The monoisotopic (exact) mass is 365 g/mol. The van der Waals surface area contributed by atoms with Gasteiger partial charge in [-0.2, -0.15) is 5.10 Å². The Morgan fingerprint density at radius 3 is 3.00 bits per heavy atom. The fourth-order valence-corrected chi connectivity index (χ4v) is 2.73. The maximum atomic E-state index is 6.05. The molecule has 8 heteroatoms. The van der Waals surface area contributed by atoms with E-state index in [1.165, 1.54) is 0 Å². The Balaban J connectivity index is 1.48. The maximum absolute atomic E-state index is 6.05. The molecule has 0 saturated heterocycles. The summed E-state index contributed by atoms with van der Waals surface area (Å²) in [6, 6.07) is 9.40. The zero-order valence-corrected chi connectivity index (χ0v) is 14.6. The van der Waals surface area contributed by atoms with Crippen LogP contribution in [0.15, 0.2) is 61.4 Å². The summed E-state index contributed by atoms with van der Waals surface area (Å²) < 4.78 is 1.77. The molecular formula is C18H16ClN7. The van der Waals surface area contributed by atoms with E-state index in [1.807, 2.05) is 42.7 Å². The minimum absolute atomic E-state index is 0.577. The lowest BCUT2D eigenvalue weighted by Gasteiger charge is -2.05. The van der Waals surface area contributed by atoms with Crippen LogP contribution in [0.25, 0.3) is 16.9 Å². The number of nitrogens with zero attached hydrogens (tertiary/aromatic N) is 5. The van der Waals surface area contributed by atoms with Gasteiger partial charge in [-0.1, -0.05) is 17.7 Å². The van der Waals surface area contributed by atoms with E-state index in [0.717, 1.165) is 29.1 Å². The summed E-state index contributed by atoms with van der Waals surface area (Å²) in [6.07, 6.45) is 9.77. The van der Waals surface area contributed by atoms with E-state index < -0.39 is 0 Å². The molecule has 0 unspecified atom stereocenters. The van der Waals surface area contributed by atoms with Gasteiger partial charge < -0.3 is 10.3 Å². The van der Waals surface area contributed by atoms with Gasteiger partial charge in [0.05, 0.1) is 29.6 Å². The number of halogens is 1. The lowest BCUT2D eigenvalue weighted by Crippen LogP contribution is -2.08. The van der Waals surface area contributed by atoms with Gasteiger partial charge in [0.1, 0.15) is 0 Å². The van der Waals surface area contributed by atoms with Crippen molar-refractivity contribution >= 4 is 17.5 Å². The van der Waals surface area contributed by atoms with Crippen LogP contribution in [0.1, 0.15) is 5.69 Å². The van der Waals surface area contributed by atoms with Crippen LogP contribution in [0, 0.1) is 0 Å². The maximum Gasteiger partial charge on any atom is 0.223 e. The highest BCUT2D eigenvalue weighted by molar-refractivity contribution is 6.30. The van der Waals surface area contributed by atoms with Gasteiger partial charge in [0.2, 0.25) is 5.95 Å². The van der Waals surface area contributed by atoms with Crippen molar-refractivity contribution in [3.8, 4) is 16.9 Å². The van der Waals surface area contributed by atoms with Crippen molar-refractivity contribution in [3.05, 3.63) is 72.2 Å². The summed E-state index contributed by atoms with van der Waals surface area (Å²) in [5.41, 5.74) is 3.60. The number of rotatable bonds is 6. The highest BCUT2D eigenvalue weighted by Gasteiger charge is 2.07. The first-order valence-corrected chi connectivity index (χ1v) is 8.51. The first-order valence-electron chi connectivity index (χ1n) is 8.13. The molecule has 3 heterocycles. The highest BCUT2D eigenvalue weighted by atomic mass is 35.5. The van der Waals surface area contributed by atoms with E-state index in [-0.39, 0.29) is 0 Å². The fourth-order valence-electron chi connectivity index (χ4n) is 2.55. The number of hydrogen-bond donors (Lipinski definition) is 2. The molecule has 4 rings (SSSR count). The number of hydrogen-bond acceptors (Lipinski definition) is 5. The highest BCUT2D eigenvalue weighted by Crippen LogP contribution is 2.20. The molecule has 0 spiro atoms. The standard InChI is InChI=1S/C18H16ClN7/c19-14-2-1-3-16(8-14)26-11-13(9-24-26)17-5-7-22-18(25-17)21-6-4-15-10-20-12-23-15/h1-3,5,7-12H,4,6H2,(H,20,23)(H,21,22,25). The van der Waals surface area contributed by atoms with Crippen LogP contribution in [-0.2, 0) is 6.42 Å². The number of benzene rings is 1. The van der Waals surface area contributed by atoms with E-state index in [4.69, 9.17) is 11.6 Å². The normalized spacial score (nSPS) is 10.8. The van der Waals surface area contributed by atoms with E-state index in [2.05, 4.69) is 30.4 Å². The minimum Gasteiger partial charge on any atom is -0.354 e. The van der Waals surface area contributed by atoms with Crippen molar-refractivity contribution in [2.75, 3.05) is 11.9 Å². The Morgan fingerprint density at radius 2 is 2.15 bits per heavy atom. The molecule has 0 aliphatic carbocycles. The Hall–Kier alpha value is -3.19. The molecule has 3 aromatic heterocycles. The number of imidazole rings is 1. The molecule has 0 radical (unpaired) electrons. The van der Waals surface area contributed by atoms with Crippen molar-refractivity contribution in [2.45, 2.75) is 6.42 Å². The second-order valence-electron chi connectivity index (χ2n) is 5.66. The third-order valence-corrected chi connectivity index (χ3v) is 4.06. The number of aromatic nitrogens is 6. The van der Waals surface area contributed by atoms with Crippen molar-refractivity contribution in [2.24, 2.45) is 0 Å². The predicted molar refractivity (Wildman–Crippen MR) is 100 cm³/mol. The Morgan fingerprint density at radius 1 is 1.19 bits per heavy atom. The van der Waals surface area contributed by atoms with Gasteiger partial charge in [-0.3, -0.25) is 0 Å². The van der Waals surface area contributed by atoms with Gasteiger partial charge in [-0.15, -0.1) is 0 Å². The molecule has 0 bridgehead atoms. The molecule has 7 nitrogen and oxygen atoms in total. The molecule has 1 aromatic carbocycles. The van der Waals surface area contributed by atoms with Crippen LogP contribution >= 0.6 is 11.6 Å². The quantitative estimate of drug-likeness (QED) is 0.547. The Labute approximate surface area is 155 Å². The first kappa shape index (κ1) is 16.3. The van der Waals surface area contributed by atoms with Crippen LogP contribution in [0.2, 0.25) is 5.02 Å². The van der Waals surface area contributed by atoms with Crippen LogP contribution < -0.4 is 5.32 Å². The van der Waals surface area contributed by atoms with Gasteiger partial charge in [-0.25, -0.2) is 19.6 Å². The summed E-state index contributed by atoms with van der Waals surface area (Å²) in [6.45, 7) is 0.704. The molecule has 26 heavy (non-hydrogen) atoms. The van der Waals surface area contributed by atoms with Crippen molar-refractivity contribution in [1.82, 2.24) is 29.7 Å². The van der Waals surface area contributed by atoms with Crippen molar-refractivity contribution in [3.63, 3.8) is 0 Å². The summed E-state index contributed by atoms with van der Waals surface area (Å²) >= 11 is 6.05. The second-order valence-corrected chi connectivity index (χ2v) is 6.09. The second kappa shape index (κ2) is 7.37. The smallest absolute Gasteiger partial charge is 0.223 e. The predicted octanol–water partition coefficient (Wildman–Crippen LogP) is 3.36. The average molecular weight is 366 g/mol. The molecule has 0 atom stereocenters. The molecule has 0 amide bonds. The van der Waals surface area contributed by atoms with Crippen molar-refractivity contribution < 1.29 is 0 Å². The van der Waals surface area contributed by atoms with Gasteiger partial charge in [-0.05, 0) is 24.3 Å². The lowest BCUT2D eigenvalue weighted by atomic mass is 10.2. The Kier molecular flexibility index (Phi) is 4.61. The summed E-state index contributed by atoms with van der Waals surface area (Å²) in [5.74, 6) is 0.577. The van der Waals surface area contributed by atoms with Gasteiger partial charge in [0.25, 0.3) is 0 Å². The number of anilines is 1. The van der Waals surface area contributed by atoms with Gasteiger partial charge >= 0.3 is 0 Å². The fraction of sp³-hybridized carbons (Fsp3) is 0.111. The molecule has 4 aromatic rings. The van der Waals surface area contributed by atoms with Crippen LogP contribution in [0.3, 0.4) is 0 Å². The molecule has 0 fully saturated rings. The Bertz CT molecular complexity index is 994. The molecule has 0 aliphatic rings. The van der Waals surface area contributed by atoms with Gasteiger partial charge in [0, 0.05) is 42.1 Å². The van der Waals surface area contributed by atoms with Crippen LogP contribution in [-0.4, -0.2) is 36.3 Å². The third kappa shape index (κ3) is 3.73. The average Bonchev–Trinajstić information content (AvgIpc) is 3.34. The van der Waals surface area contributed by atoms with Gasteiger partial charge in [0.15, 0.2) is 0 Å². The first-order chi connectivity index (χ1) is 12.8. The number of H-pyrrole nitrogens is 1. The molecule has 130 valence electrons. The van der Waals surface area contributed by atoms with E-state index in [0.29, 0.717) is 17.5 Å². The topological polar surface area (TPSA) is 84.3 Å². The summed E-state index contributed by atoms with van der Waals surface area (Å²) in [7, 11) is 0. The SMILES string of the molecule is Clc1cccc(-n2cc(-c3ccnc(NCCc4c[nH]cn4)n3)cn2)c1. The van der Waals surface area contributed by atoms with Crippen molar-refractivity contribution in [1.29, 1.82) is 0 Å². The zero-order valence-electron chi connectivity index (χ0n) is 13.8. The molecule has 0 saturated carbocycles. The summed E-state index contributed by atoms with van der Waals surface area (Å²) in [5, 5.41) is 8.28. The molecule has 0 aliphatic heterocycles. The minimum atomic E-state index is 0.577. The van der Waals surface area contributed by atoms with E-state index in [9.17, 15) is 0 Å². The van der Waals surface area contributed by atoms with E-state index in [1.54, 1.807) is 23.4 Å². The number of aromatic amines is 1. The van der Waals surface area contributed by atoms with Crippen LogP contribution in [0.4, 0.5) is 5.95 Å². The largest absolute Gasteiger partial charge is 0.354 e. The lowest BCUT2D eigenvalue weighted by molar-refractivity contribution is 0.881.